The number of carbonyl (C=O) groups is 3. The van der Waals surface area contributed by atoms with Gasteiger partial charge in [-0.1, -0.05) is 26.0 Å². The second-order valence-corrected chi connectivity index (χ2v) is 10.3. The average Bonchev–Trinajstić information content (AvgIpc) is 2.90. The van der Waals surface area contributed by atoms with Gasteiger partial charge in [0.2, 0.25) is 0 Å². The Morgan fingerprint density at radius 3 is 2.16 bits per heavy atom. The largest absolute Gasteiger partial charge is 0.350 e. The molecule has 2 aliphatic rings. The van der Waals surface area contributed by atoms with Crippen LogP contribution in [-0.4, -0.2) is 59.0 Å². The van der Waals surface area contributed by atoms with E-state index in [0.29, 0.717) is 31.1 Å². The zero-order chi connectivity index (χ0) is 26.5. The molecule has 198 valence electrons. The van der Waals surface area contributed by atoms with Crippen molar-refractivity contribution < 1.29 is 18.8 Å². The molecule has 1 heterocycles. The van der Waals surface area contributed by atoms with Crippen LogP contribution in [0.1, 0.15) is 67.8 Å². The van der Waals surface area contributed by atoms with Crippen molar-refractivity contribution in [2.24, 2.45) is 5.73 Å². The highest BCUT2D eigenvalue weighted by Crippen LogP contribution is 2.23. The Morgan fingerprint density at radius 1 is 0.919 bits per heavy atom. The van der Waals surface area contributed by atoms with Crippen LogP contribution in [0.2, 0.25) is 0 Å². The smallest absolute Gasteiger partial charge is 0.323 e. The fourth-order valence-electron chi connectivity index (χ4n) is 4.98. The van der Waals surface area contributed by atoms with E-state index in [4.69, 9.17) is 5.73 Å². The number of urea groups is 1. The van der Waals surface area contributed by atoms with E-state index in [9.17, 15) is 18.8 Å². The van der Waals surface area contributed by atoms with E-state index in [-0.39, 0.29) is 17.6 Å². The molecule has 4 rings (SSSR count). The predicted octanol–water partition coefficient (Wildman–Crippen LogP) is 4.04. The molecular formula is C28H36FN5O3. The number of nitrogens with zero attached hydrogens (tertiary/aromatic N) is 2. The third kappa shape index (κ3) is 6.46. The summed E-state index contributed by atoms with van der Waals surface area (Å²) < 4.78 is 13.5. The molecule has 0 aromatic heterocycles. The molecule has 8 nitrogen and oxygen atoms in total. The third-order valence-corrected chi connectivity index (χ3v) is 7.18. The van der Waals surface area contributed by atoms with Gasteiger partial charge in [0.15, 0.2) is 6.17 Å². The summed E-state index contributed by atoms with van der Waals surface area (Å²) in [5, 5.41) is 5.93. The minimum absolute atomic E-state index is 0.0644. The summed E-state index contributed by atoms with van der Waals surface area (Å²) in [6.45, 7) is 4.81. The first-order valence-electron chi connectivity index (χ1n) is 13.0. The molecule has 4 amide bonds. The molecule has 9 heteroatoms. The lowest BCUT2D eigenvalue weighted by molar-refractivity contribution is -0.133. The van der Waals surface area contributed by atoms with Crippen molar-refractivity contribution in [3.8, 4) is 0 Å². The van der Waals surface area contributed by atoms with Gasteiger partial charge < -0.3 is 21.3 Å². The van der Waals surface area contributed by atoms with Crippen molar-refractivity contribution in [2.45, 2.75) is 70.1 Å². The maximum Gasteiger partial charge on any atom is 0.323 e. The summed E-state index contributed by atoms with van der Waals surface area (Å²) in [6.07, 6.45) is 2.50. The van der Waals surface area contributed by atoms with Gasteiger partial charge in [-0.25, -0.2) is 9.18 Å². The Kier molecular flexibility index (Phi) is 8.43. The summed E-state index contributed by atoms with van der Waals surface area (Å²) in [5.41, 5.74) is 8.03. The molecule has 2 aromatic carbocycles. The van der Waals surface area contributed by atoms with Gasteiger partial charge in [-0.3, -0.25) is 14.5 Å². The topological polar surface area (TPSA) is 108 Å². The van der Waals surface area contributed by atoms with E-state index >= 15 is 0 Å². The molecule has 4 N–H and O–H groups in total. The van der Waals surface area contributed by atoms with Crippen LogP contribution in [0.5, 0.6) is 0 Å². The number of carbonyl (C=O) groups excluding carboxylic acids is 3. The van der Waals surface area contributed by atoms with Gasteiger partial charge in [-0.05, 0) is 80.0 Å². The molecule has 1 aliphatic carbocycles. The minimum atomic E-state index is -1.13. The maximum atomic E-state index is 13.6. The minimum Gasteiger partial charge on any atom is -0.350 e. The number of hydrogen-bond donors (Lipinski definition) is 3. The van der Waals surface area contributed by atoms with Gasteiger partial charge in [-0.2, -0.15) is 0 Å². The molecule has 2 fully saturated rings. The second-order valence-electron chi connectivity index (χ2n) is 10.3. The van der Waals surface area contributed by atoms with Gasteiger partial charge in [0, 0.05) is 36.4 Å². The Balaban J connectivity index is 1.57. The van der Waals surface area contributed by atoms with Gasteiger partial charge in [0.05, 0.1) is 0 Å². The third-order valence-electron chi connectivity index (χ3n) is 7.18. The number of hydrogen-bond acceptors (Lipinski definition) is 4. The quantitative estimate of drug-likeness (QED) is 0.565. The zero-order valence-electron chi connectivity index (χ0n) is 21.5. The Labute approximate surface area is 217 Å². The highest BCUT2D eigenvalue weighted by molar-refractivity contribution is 6.00. The van der Waals surface area contributed by atoms with E-state index in [1.807, 2.05) is 24.3 Å². The molecule has 0 radical (unpaired) electrons. The summed E-state index contributed by atoms with van der Waals surface area (Å²) in [7, 11) is 0. The van der Waals surface area contributed by atoms with Crippen molar-refractivity contribution in [3.63, 3.8) is 0 Å². The van der Waals surface area contributed by atoms with Crippen LogP contribution < -0.4 is 16.4 Å². The first-order chi connectivity index (χ1) is 17.7. The fourth-order valence-corrected chi connectivity index (χ4v) is 4.98. The van der Waals surface area contributed by atoms with Crippen LogP contribution in [0.15, 0.2) is 48.5 Å². The number of anilines is 1. The summed E-state index contributed by atoms with van der Waals surface area (Å²) in [6, 6.07) is 12.4. The standard InChI is InChI=1S/C28H36FN5O3/c1-18(2)19-6-12-24(13-7-19)32-28(37)34-17-3-16-33(27(36)20-4-8-21(29)9-5-20)26(34)25(35)31-23-14-10-22(30)11-15-23/h4-9,12-13,18,22-23,26H,3,10-11,14-17,30H2,1-2H3,(H,31,35)(H,32,37). The fraction of sp³-hybridized carbons (Fsp3) is 0.464. The molecule has 1 aliphatic heterocycles. The molecular weight excluding hydrogens is 473 g/mol. The van der Waals surface area contributed by atoms with E-state index in [0.717, 1.165) is 31.2 Å². The number of benzene rings is 2. The Hall–Kier alpha value is -3.46. The first kappa shape index (κ1) is 26.6. The number of halogens is 1. The molecule has 0 spiro atoms. The van der Waals surface area contributed by atoms with Crippen LogP contribution in [0, 0.1) is 5.82 Å². The lowest BCUT2D eigenvalue weighted by atomic mass is 9.91. The van der Waals surface area contributed by atoms with Crippen LogP contribution in [0.4, 0.5) is 14.9 Å². The molecule has 1 atom stereocenters. The van der Waals surface area contributed by atoms with Crippen molar-refractivity contribution in [1.29, 1.82) is 0 Å². The maximum absolute atomic E-state index is 13.6. The predicted molar refractivity (Wildman–Crippen MR) is 140 cm³/mol. The van der Waals surface area contributed by atoms with Gasteiger partial charge >= 0.3 is 6.03 Å². The van der Waals surface area contributed by atoms with Crippen LogP contribution in [0.25, 0.3) is 0 Å². The normalized spacial score (nSPS) is 22.0. The molecule has 0 bridgehead atoms. The summed E-state index contributed by atoms with van der Waals surface area (Å²) in [4.78, 5) is 43.3. The zero-order valence-corrected chi connectivity index (χ0v) is 21.5. The lowest BCUT2D eigenvalue weighted by Crippen LogP contribution is -2.65. The van der Waals surface area contributed by atoms with Crippen LogP contribution in [-0.2, 0) is 4.79 Å². The SMILES string of the molecule is CC(C)c1ccc(NC(=O)N2CCCN(C(=O)c3ccc(F)cc3)C2C(=O)NC2CCC(N)CC2)cc1. The molecule has 1 saturated heterocycles. The number of nitrogens with two attached hydrogens (primary N) is 1. The van der Waals surface area contributed by atoms with Crippen LogP contribution in [0.3, 0.4) is 0 Å². The van der Waals surface area contributed by atoms with Crippen molar-refractivity contribution in [3.05, 3.63) is 65.5 Å². The van der Waals surface area contributed by atoms with Gasteiger partial charge in [0.25, 0.3) is 11.8 Å². The van der Waals surface area contributed by atoms with Crippen LogP contribution >= 0.6 is 0 Å². The molecule has 1 saturated carbocycles. The highest BCUT2D eigenvalue weighted by atomic mass is 19.1. The van der Waals surface area contributed by atoms with E-state index in [1.54, 1.807) is 0 Å². The van der Waals surface area contributed by atoms with E-state index < -0.39 is 29.8 Å². The summed E-state index contributed by atoms with van der Waals surface area (Å²) in [5.74, 6) is -0.921. The Morgan fingerprint density at radius 2 is 1.54 bits per heavy atom. The van der Waals surface area contributed by atoms with Gasteiger partial charge in [-0.15, -0.1) is 0 Å². The molecule has 37 heavy (non-hydrogen) atoms. The number of amides is 4. The summed E-state index contributed by atoms with van der Waals surface area (Å²) >= 11 is 0. The van der Waals surface area contributed by atoms with Gasteiger partial charge in [0.1, 0.15) is 5.82 Å². The Bertz CT molecular complexity index is 1100. The number of rotatable bonds is 5. The molecule has 1 unspecified atom stereocenters. The monoisotopic (exact) mass is 509 g/mol. The lowest BCUT2D eigenvalue weighted by Gasteiger charge is -2.43. The van der Waals surface area contributed by atoms with Crippen molar-refractivity contribution in [1.82, 2.24) is 15.1 Å². The second kappa shape index (κ2) is 11.7. The number of nitrogens with one attached hydrogen (secondary N) is 2. The van der Waals surface area contributed by atoms with Crippen molar-refractivity contribution in [2.75, 3.05) is 18.4 Å². The molecule has 2 aromatic rings. The van der Waals surface area contributed by atoms with Crippen molar-refractivity contribution >= 4 is 23.5 Å². The average molecular weight is 510 g/mol. The van der Waals surface area contributed by atoms with E-state index in [2.05, 4.69) is 24.5 Å². The highest BCUT2D eigenvalue weighted by Gasteiger charge is 2.41. The first-order valence-corrected chi connectivity index (χ1v) is 13.0. The van der Waals surface area contributed by atoms with E-state index in [1.165, 1.54) is 34.1 Å².